The number of imide groups is 1. The zero-order chi connectivity index (χ0) is 38.8. The lowest BCUT2D eigenvalue weighted by Crippen LogP contribution is -2.49. The molecule has 8 rings (SSSR count). The van der Waals surface area contributed by atoms with Crippen LogP contribution in [0.15, 0.2) is 84.9 Å². The van der Waals surface area contributed by atoms with Crippen LogP contribution in [-0.2, 0) is 16.0 Å². The lowest BCUT2D eigenvalue weighted by Gasteiger charge is -2.40. The molecule has 0 saturated carbocycles. The molecule has 4 N–H and O–H groups in total. The van der Waals surface area contributed by atoms with Gasteiger partial charge in [0.15, 0.2) is 0 Å². The van der Waals surface area contributed by atoms with Crippen molar-refractivity contribution in [3.8, 4) is 11.5 Å². The molecule has 0 aliphatic carbocycles. The summed E-state index contributed by atoms with van der Waals surface area (Å²) in [6.07, 6.45) is 3.82. The van der Waals surface area contributed by atoms with Crippen LogP contribution in [0.5, 0.6) is 11.5 Å². The number of benzene rings is 4. The highest BCUT2D eigenvalue weighted by molar-refractivity contribution is 5.98. The Hall–Kier alpha value is -5.42. The molecule has 3 amide bonds. The summed E-state index contributed by atoms with van der Waals surface area (Å²) in [6, 6.07) is 28.0. The van der Waals surface area contributed by atoms with Crippen molar-refractivity contribution >= 4 is 29.1 Å². The van der Waals surface area contributed by atoms with E-state index in [9.17, 15) is 19.5 Å². The number of piperazine rings is 1. The lowest BCUT2D eigenvalue weighted by atomic mass is 9.76. The van der Waals surface area contributed by atoms with Crippen LogP contribution < -0.4 is 25.6 Å². The number of amides is 3. The molecular formula is C45H50FN5O5. The first-order valence-corrected chi connectivity index (χ1v) is 20.0. The van der Waals surface area contributed by atoms with Crippen LogP contribution >= 0.6 is 0 Å². The van der Waals surface area contributed by atoms with Crippen LogP contribution in [0.1, 0.15) is 76.6 Å². The van der Waals surface area contributed by atoms with Crippen LogP contribution in [0.2, 0.25) is 0 Å². The van der Waals surface area contributed by atoms with E-state index in [1.165, 1.54) is 22.9 Å². The van der Waals surface area contributed by atoms with Crippen molar-refractivity contribution in [3.05, 3.63) is 119 Å². The van der Waals surface area contributed by atoms with Gasteiger partial charge in [-0.25, -0.2) is 4.39 Å². The number of phenols is 1. The van der Waals surface area contributed by atoms with E-state index in [0.717, 1.165) is 56.9 Å². The summed E-state index contributed by atoms with van der Waals surface area (Å²) < 4.78 is 21.6. The van der Waals surface area contributed by atoms with Gasteiger partial charge in [0.05, 0.1) is 12.3 Å². The summed E-state index contributed by atoms with van der Waals surface area (Å²) in [6.45, 7) is 6.55. The summed E-state index contributed by atoms with van der Waals surface area (Å²) in [7, 11) is 0. The molecule has 3 saturated heterocycles. The third-order valence-electron chi connectivity index (χ3n) is 12.4. The number of primary amides is 1. The van der Waals surface area contributed by atoms with Crippen molar-refractivity contribution in [2.45, 2.75) is 50.4 Å². The minimum atomic E-state index is -0.692. The van der Waals surface area contributed by atoms with E-state index in [4.69, 9.17) is 10.5 Å². The Kier molecular flexibility index (Phi) is 11.0. The molecule has 4 aliphatic rings. The van der Waals surface area contributed by atoms with Crippen molar-refractivity contribution < 1.29 is 28.6 Å². The molecular weight excluding hydrogens is 710 g/mol. The number of nitrogens with two attached hydrogens (primary N) is 1. The number of carbonyl (C=O) groups is 3. The fraction of sp³-hybridized carbons (Fsp3) is 0.400. The minimum Gasteiger partial charge on any atom is -0.508 e. The fourth-order valence-electron chi connectivity index (χ4n) is 9.23. The quantitative estimate of drug-likeness (QED) is 0.169. The Balaban J connectivity index is 0.855. The molecule has 0 unspecified atom stereocenters. The number of anilines is 2. The SMILES string of the molecule is NC(=O)c1cc(F)c(N2CCN(CC3CCN(c4ccc([C@@H]5c6ccc(O)cc6OC[C@@H]5c5ccccc5)cc4)CC3)CC2)cc1CC[C@H]1CCC(=O)NC1=O. The van der Waals surface area contributed by atoms with Gasteiger partial charge in [0.25, 0.3) is 0 Å². The zero-order valence-corrected chi connectivity index (χ0v) is 31.7. The van der Waals surface area contributed by atoms with Gasteiger partial charge in [0.2, 0.25) is 17.7 Å². The minimum absolute atomic E-state index is 0.111. The predicted octanol–water partition coefficient (Wildman–Crippen LogP) is 5.96. The largest absolute Gasteiger partial charge is 0.508 e. The maximum absolute atomic E-state index is 15.4. The molecule has 3 fully saturated rings. The second-order valence-electron chi connectivity index (χ2n) is 15.8. The topological polar surface area (TPSA) is 128 Å². The smallest absolute Gasteiger partial charge is 0.249 e. The first kappa shape index (κ1) is 37.5. The summed E-state index contributed by atoms with van der Waals surface area (Å²) >= 11 is 0. The number of rotatable bonds is 10. The number of piperidine rings is 2. The average molecular weight is 760 g/mol. The second kappa shape index (κ2) is 16.4. The molecule has 4 heterocycles. The first-order valence-electron chi connectivity index (χ1n) is 20.0. The molecule has 4 aromatic carbocycles. The van der Waals surface area contributed by atoms with Crippen molar-refractivity contribution in [1.82, 2.24) is 10.2 Å². The Morgan fingerprint density at radius 1 is 0.857 bits per heavy atom. The lowest BCUT2D eigenvalue weighted by molar-refractivity contribution is -0.136. The van der Waals surface area contributed by atoms with Crippen LogP contribution in [0.25, 0.3) is 0 Å². The molecule has 4 aromatic rings. The van der Waals surface area contributed by atoms with E-state index in [1.54, 1.807) is 18.2 Å². The molecule has 56 heavy (non-hydrogen) atoms. The highest BCUT2D eigenvalue weighted by Gasteiger charge is 2.34. The number of halogens is 1. The van der Waals surface area contributed by atoms with E-state index in [-0.39, 0.29) is 40.9 Å². The van der Waals surface area contributed by atoms with E-state index >= 15 is 4.39 Å². The van der Waals surface area contributed by atoms with E-state index in [1.807, 2.05) is 17.0 Å². The van der Waals surface area contributed by atoms with Gasteiger partial charge in [-0.2, -0.15) is 0 Å². The van der Waals surface area contributed by atoms with Gasteiger partial charge in [0, 0.05) is 92.9 Å². The number of nitrogens with zero attached hydrogens (tertiary/aromatic N) is 3. The maximum atomic E-state index is 15.4. The van der Waals surface area contributed by atoms with E-state index in [2.05, 4.69) is 63.6 Å². The molecule has 0 spiro atoms. The van der Waals surface area contributed by atoms with Crippen LogP contribution in [0, 0.1) is 17.7 Å². The Labute approximate surface area is 327 Å². The van der Waals surface area contributed by atoms with Gasteiger partial charge in [-0.3, -0.25) is 24.6 Å². The van der Waals surface area contributed by atoms with E-state index < -0.39 is 11.7 Å². The van der Waals surface area contributed by atoms with Gasteiger partial charge in [0.1, 0.15) is 17.3 Å². The highest BCUT2D eigenvalue weighted by atomic mass is 19.1. The number of phenolic OH excluding ortho intramolecular Hbond substituents is 1. The molecule has 292 valence electrons. The third kappa shape index (κ3) is 8.09. The Morgan fingerprint density at radius 2 is 1.61 bits per heavy atom. The fourth-order valence-corrected chi connectivity index (χ4v) is 9.23. The van der Waals surface area contributed by atoms with Crippen molar-refractivity contribution in [2.75, 3.05) is 62.2 Å². The number of carbonyl (C=O) groups excluding carboxylic acids is 3. The normalized spacial score (nSPS) is 22.0. The van der Waals surface area contributed by atoms with Gasteiger partial charge < -0.3 is 25.4 Å². The highest BCUT2D eigenvalue weighted by Crippen LogP contribution is 2.47. The predicted molar refractivity (Wildman–Crippen MR) is 214 cm³/mol. The van der Waals surface area contributed by atoms with Crippen LogP contribution in [0.4, 0.5) is 15.8 Å². The summed E-state index contributed by atoms with van der Waals surface area (Å²) in [5, 5.41) is 12.5. The second-order valence-corrected chi connectivity index (χ2v) is 15.8. The molecule has 0 radical (unpaired) electrons. The van der Waals surface area contributed by atoms with E-state index in [0.29, 0.717) is 62.5 Å². The molecule has 4 aliphatic heterocycles. The molecule has 11 heteroatoms. The molecule has 0 aromatic heterocycles. The Morgan fingerprint density at radius 3 is 2.32 bits per heavy atom. The summed E-state index contributed by atoms with van der Waals surface area (Å²) in [5.74, 6) is -0.233. The summed E-state index contributed by atoms with van der Waals surface area (Å²) in [4.78, 5) is 43.1. The average Bonchev–Trinajstić information content (AvgIpc) is 3.21. The van der Waals surface area contributed by atoms with Gasteiger partial charge in [-0.15, -0.1) is 0 Å². The number of aromatic hydroxyl groups is 1. The standard InChI is InChI=1S/C45H50FN5O5/c46-39-26-37(44(47)54)33(7-6-32-10-15-42(53)48-45(32)55)24-40(39)51-22-20-49(21-23-51)27-29-16-18-50(19-17-29)34-11-8-31(9-12-34)43-36-14-13-35(52)25-41(36)56-28-38(43)30-4-2-1-3-5-30/h1-5,8-9,11-14,24-26,29,32,38,43,52H,6-7,10,15-23,27-28H2,(H2,47,54)(H,48,53,55)/t32-,38+,43+/m0/s1. The zero-order valence-electron chi connectivity index (χ0n) is 31.7. The van der Waals surface area contributed by atoms with Gasteiger partial charge in [-0.1, -0.05) is 48.5 Å². The van der Waals surface area contributed by atoms with Gasteiger partial charge in [-0.05, 0) is 85.0 Å². The summed E-state index contributed by atoms with van der Waals surface area (Å²) in [5.41, 5.74) is 11.7. The third-order valence-corrected chi connectivity index (χ3v) is 12.4. The molecule has 3 atom stereocenters. The van der Waals surface area contributed by atoms with Crippen molar-refractivity contribution in [1.29, 1.82) is 0 Å². The number of ether oxygens (including phenoxy) is 1. The molecule has 0 bridgehead atoms. The Bertz CT molecular complexity index is 2060. The monoisotopic (exact) mass is 759 g/mol. The van der Waals surface area contributed by atoms with Gasteiger partial charge >= 0.3 is 0 Å². The number of hydrogen-bond donors (Lipinski definition) is 3. The first-order chi connectivity index (χ1) is 27.2. The van der Waals surface area contributed by atoms with Crippen LogP contribution in [0.3, 0.4) is 0 Å². The number of fused-ring (bicyclic) bond motifs is 1. The number of aryl methyl sites for hydroxylation is 1. The van der Waals surface area contributed by atoms with Crippen LogP contribution in [-0.4, -0.2) is 80.1 Å². The van der Waals surface area contributed by atoms with Crippen molar-refractivity contribution in [3.63, 3.8) is 0 Å². The molecule has 10 nitrogen and oxygen atoms in total. The number of hydrogen-bond acceptors (Lipinski definition) is 8. The maximum Gasteiger partial charge on any atom is 0.249 e. The van der Waals surface area contributed by atoms with Crippen molar-refractivity contribution in [2.24, 2.45) is 17.6 Å². The number of nitrogens with one attached hydrogen (secondary N) is 1.